The quantitative estimate of drug-likeness (QED) is 0.357. The van der Waals surface area contributed by atoms with Crippen molar-refractivity contribution in [2.75, 3.05) is 7.11 Å². The highest BCUT2D eigenvalue weighted by Crippen LogP contribution is 2.29. The van der Waals surface area contributed by atoms with Gasteiger partial charge in [-0.05, 0) is 48.5 Å². The molecule has 4 rings (SSSR count). The van der Waals surface area contributed by atoms with Gasteiger partial charge in [-0.15, -0.1) is 0 Å². The molecule has 1 aromatic heterocycles. The minimum Gasteiger partial charge on any atom is -0.497 e. The number of ether oxygens (including phenoxy) is 1. The SMILES string of the molecule is COc1ccc(-n2nc(-c3ccccc3)cc2OS(=O)(=O)c2ccc(Br)cc2)cc1. The van der Waals surface area contributed by atoms with Gasteiger partial charge < -0.3 is 8.92 Å². The predicted molar refractivity (Wildman–Crippen MR) is 118 cm³/mol. The summed E-state index contributed by atoms with van der Waals surface area (Å²) in [5.41, 5.74) is 2.07. The van der Waals surface area contributed by atoms with Crippen LogP contribution in [0.2, 0.25) is 0 Å². The number of nitrogens with zero attached hydrogens (tertiary/aromatic N) is 2. The van der Waals surface area contributed by atoms with E-state index in [4.69, 9.17) is 8.92 Å². The van der Waals surface area contributed by atoms with Crippen LogP contribution in [0.1, 0.15) is 0 Å². The first-order chi connectivity index (χ1) is 14.5. The van der Waals surface area contributed by atoms with Crippen LogP contribution in [0.25, 0.3) is 16.9 Å². The van der Waals surface area contributed by atoms with Crippen molar-refractivity contribution in [3.8, 4) is 28.6 Å². The van der Waals surface area contributed by atoms with Gasteiger partial charge in [-0.25, -0.2) is 0 Å². The van der Waals surface area contributed by atoms with Crippen LogP contribution in [0.4, 0.5) is 0 Å². The zero-order chi connectivity index (χ0) is 21.1. The third kappa shape index (κ3) is 4.24. The molecule has 0 radical (unpaired) electrons. The van der Waals surface area contributed by atoms with E-state index in [1.165, 1.54) is 16.8 Å². The molecule has 0 spiro atoms. The van der Waals surface area contributed by atoms with Gasteiger partial charge in [0.1, 0.15) is 10.6 Å². The first kappa shape index (κ1) is 20.2. The molecule has 152 valence electrons. The van der Waals surface area contributed by atoms with E-state index in [2.05, 4.69) is 21.0 Å². The minimum absolute atomic E-state index is 0.0504. The number of rotatable bonds is 6. The summed E-state index contributed by atoms with van der Waals surface area (Å²) in [6.45, 7) is 0. The number of hydrogen-bond donors (Lipinski definition) is 0. The van der Waals surface area contributed by atoms with Crippen LogP contribution in [-0.4, -0.2) is 25.3 Å². The van der Waals surface area contributed by atoms with Gasteiger partial charge in [0, 0.05) is 16.1 Å². The summed E-state index contributed by atoms with van der Waals surface area (Å²) in [7, 11) is -2.47. The van der Waals surface area contributed by atoms with Crippen molar-refractivity contribution in [3.05, 3.63) is 89.4 Å². The molecular weight excluding hydrogens is 468 g/mol. The van der Waals surface area contributed by atoms with E-state index in [0.29, 0.717) is 17.1 Å². The Labute approximate surface area is 183 Å². The van der Waals surface area contributed by atoms with E-state index >= 15 is 0 Å². The predicted octanol–water partition coefficient (Wildman–Crippen LogP) is 5.08. The molecule has 0 unspecified atom stereocenters. The van der Waals surface area contributed by atoms with E-state index in [1.54, 1.807) is 49.6 Å². The Kier molecular flexibility index (Phi) is 5.61. The minimum atomic E-state index is -4.05. The molecule has 0 fully saturated rings. The van der Waals surface area contributed by atoms with E-state index in [1.807, 2.05) is 30.3 Å². The van der Waals surface area contributed by atoms with Gasteiger partial charge in [0.15, 0.2) is 0 Å². The Bertz CT molecular complexity index is 1250. The molecule has 6 nitrogen and oxygen atoms in total. The molecule has 1 heterocycles. The van der Waals surface area contributed by atoms with Crippen molar-refractivity contribution >= 4 is 26.0 Å². The largest absolute Gasteiger partial charge is 0.497 e. The average molecular weight is 485 g/mol. The summed E-state index contributed by atoms with van der Waals surface area (Å²) in [6.07, 6.45) is 0. The van der Waals surface area contributed by atoms with Gasteiger partial charge in [0.25, 0.3) is 0 Å². The lowest BCUT2D eigenvalue weighted by Gasteiger charge is -2.10. The van der Waals surface area contributed by atoms with E-state index in [-0.39, 0.29) is 10.8 Å². The molecule has 30 heavy (non-hydrogen) atoms. The lowest BCUT2D eigenvalue weighted by Crippen LogP contribution is -2.12. The molecule has 0 saturated carbocycles. The summed E-state index contributed by atoms with van der Waals surface area (Å²) in [4.78, 5) is 0.0504. The molecule has 0 saturated heterocycles. The Morgan fingerprint density at radius 3 is 2.20 bits per heavy atom. The molecule has 0 amide bonds. The van der Waals surface area contributed by atoms with Gasteiger partial charge in [0.05, 0.1) is 18.5 Å². The highest BCUT2D eigenvalue weighted by atomic mass is 79.9. The highest BCUT2D eigenvalue weighted by molar-refractivity contribution is 9.10. The zero-order valence-electron chi connectivity index (χ0n) is 15.9. The molecular formula is C22H17BrN2O4S. The van der Waals surface area contributed by atoms with Crippen LogP contribution in [0, 0.1) is 0 Å². The Morgan fingerprint density at radius 2 is 1.57 bits per heavy atom. The maximum absolute atomic E-state index is 12.8. The third-order valence-corrected chi connectivity index (χ3v) is 6.13. The fraction of sp³-hybridized carbons (Fsp3) is 0.0455. The summed E-state index contributed by atoms with van der Waals surface area (Å²) < 4.78 is 38.6. The number of halogens is 1. The topological polar surface area (TPSA) is 70.4 Å². The van der Waals surface area contributed by atoms with E-state index in [0.717, 1.165) is 10.0 Å². The Balaban J connectivity index is 1.78. The summed E-state index contributed by atoms with van der Waals surface area (Å²) in [6, 6.07) is 24.4. The highest BCUT2D eigenvalue weighted by Gasteiger charge is 2.21. The lowest BCUT2D eigenvalue weighted by molar-refractivity contribution is 0.414. The fourth-order valence-corrected chi connectivity index (χ4v) is 4.02. The van der Waals surface area contributed by atoms with Crippen LogP contribution in [-0.2, 0) is 10.1 Å². The second-order valence-electron chi connectivity index (χ2n) is 6.34. The van der Waals surface area contributed by atoms with Gasteiger partial charge in [0.2, 0.25) is 5.88 Å². The first-order valence-electron chi connectivity index (χ1n) is 8.96. The normalized spacial score (nSPS) is 11.3. The summed E-state index contributed by atoms with van der Waals surface area (Å²) in [5, 5.41) is 4.58. The fourth-order valence-electron chi connectivity index (χ4n) is 2.84. The Hall–Kier alpha value is -3.10. The molecule has 0 aliphatic heterocycles. The maximum atomic E-state index is 12.8. The van der Waals surface area contributed by atoms with Crippen molar-refractivity contribution in [3.63, 3.8) is 0 Å². The Morgan fingerprint density at radius 1 is 0.900 bits per heavy atom. The molecule has 0 atom stereocenters. The van der Waals surface area contributed by atoms with Crippen LogP contribution in [0.3, 0.4) is 0 Å². The number of hydrogen-bond acceptors (Lipinski definition) is 5. The molecule has 3 aromatic carbocycles. The first-order valence-corrected chi connectivity index (χ1v) is 11.2. The van der Waals surface area contributed by atoms with Crippen molar-refractivity contribution in [1.82, 2.24) is 9.78 Å². The molecule has 0 bridgehead atoms. The molecule has 4 aromatic rings. The second-order valence-corrected chi connectivity index (χ2v) is 8.80. The van der Waals surface area contributed by atoms with Crippen LogP contribution in [0.5, 0.6) is 11.6 Å². The third-order valence-electron chi connectivity index (χ3n) is 4.36. The zero-order valence-corrected chi connectivity index (χ0v) is 18.3. The van der Waals surface area contributed by atoms with E-state index in [9.17, 15) is 8.42 Å². The van der Waals surface area contributed by atoms with Gasteiger partial charge in [-0.2, -0.15) is 18.2 Å². The van der Waals surface area contributed by atoms with E-state index < -0.39 is 10.1 Å². The van der Waals surface area contributed by atoms with Gasteiger partial charge in [-0.1, -0.05) is 46.3 Å². The van der Waals surface area contributed by atoms with Crippen molar-refractivity contribution in [2.45, 2.75) is 4.90 Å². The summed E-state index contributed by atoms with van der Waals surface area (Å²) >= 11 is 3.30. The molecule has 0 aliphatic carbocycles. The lowest BCUT2D eigenvalue weighted by atomic mass is 10.2. The smallest absolute Gasteiger partial charge is 0.340 e. The van der Waals surface area contributed by atoms with Crippen molar-refractivity contribution in [2.24, 2.45) is 0 Å². The van der Waals surface area contributed by atoms with Crippen LogP contribution >= 0.6 is 15.9 Å². The monoisotopic (exact) mass is 484 g/mol. The molecule has 0 N–H and O–H groups in total. The van der Waals surface area contributed by atoms with Crippen molar-refractivity contribution < 1.29 is 17.3 Å². The second kappa shape index (κ2) is 8.33. The maximum Gasteiger partial charge on any atom is 0.340 e. The number of methoxy groups -OCH3 is 1. The molecule has 8 heteroatoms. The number of aromatic nitrogens is 2. The van der Waals surface area contributed by atoms with Crippen LogP contribution in [0.15, 0.2) is 94.3 Å². The van der Waals surface area contributed by atoms with Gasteiger partial charge in [-0.3, -0.25) is 0 Å². The van der Waals surface area contributed by atoms with Crippen molar-refractivity contribution in [1.29, 1.82) is 0 Å². The molecule has 0 aliphatic rings. The van der Waals surface area contributed by atoms with Gasteiger partial charge >= 0.3 is 10.1 Å². The van der Waals surface area contributed by atoms with Crippen LogP contribution < -0.4 is 8.92 Å². The average Bonchev–Trinajstić information content (AvgIpc) is 3.18. The standard InChI is InChI=1S/C22H17BrN2O4S/c1-28-19-11-9-18(10-12-19)25-22(15-21(24-25)16-5-3-2-4-6-16)29-30(26,27)20-13-7-17(23)8-14-20/h2-15H,1H3. The number of benzene rings is 3. The summed E-state index contributed by atoms with van der Waals surface area (Å²) in [5.74, 6) is 0.765.